The molecule has 0 spiro atoms. The van der Waals surface area contributed by atoms with E-state index in [9.17, 15) is 4.79 Å². The summed E-state index contributed by atoms with van der Waals surface area (Å²) in [7, 11) is -4.17. The Balaban J connectivity index is 0. The Labute approximate surface area is 63.9 Å². The Morgan fingerprint density at radius 3 is 1.64 bits per heavy atom. The molecule has 0 aromatic rings. The molecule has 0 radical (unpaired) electrons. The molecule has 0 amide bonds. The lowest BCUT2D eigenvalue weighted by Crippen LogP contribution is -2.25. The van der Waals surface area contributed by atoms with Gasteiger partial charge in [-0.25, -0.2) is 5.14 Å². The molecule has 8 heteroatoms. The van der Waals surface area contributed by atoms with Crippen LogP contribution in [0.4, 0.5) is 0 Å². The van der Waals surface area contributed by atoms with Gasteiger partial charge in [0, 0.05) is 0 Å². The van der Waals surface area contributed by atoms with Gasteiger partial charge in [-0.15, -0.1) is 0 Å². The predicted octanol–water partition coefficient (Wildman–Crippen LogP) is -1.83. The van der Waals surface area contributed by atoms with E-state index in [4.69, 9.17) is 23.8 Å². The summed E-state index contributed by atoms with van der Waals surface area (Å²) in [6.07, 6.45) is 0. The summed E-state index contributed by atoms with van der Waals surface area (Å²) in [5, 5.41) is 11.7. The maximum atomic E-state index is 9.57. The van der Waals surface area contributed by atoms with Gasteiger partial charge >= 0.3 is 16.3 Å². The van der Waals surface area contributed by atoms with Gasteiger partial charge in [-0.1, -0.05) is 0 Å². The van der Waals surface area contributed by atoms with Crippen molar-refractivity contribution in [1.82, 2.24) is 0 Å². The van der Waals surface area contributed by atoms with Gasteiger partial charge in [-0.3, -0.25) is 9.35 Å². The van der Waals surface area contributed by atoms with Crippen LogP contribution >= 0.6 is 0 Å². The first-order chi connectivity index (χ1) is 4.64. The third-order valence-corrected chi connectivity index (χ3v) is 0.390. The zero-order chi connectivity index (χ0) is 9.65. The first-order valence-electron chi connectivity index (χ1n) is 2.38. The summed E-state index contributed by atoms with van der Waals surface area (Å²) < 4.78 is 25.2. The van der Waals surface area contributed by atoms with E-state index in [1.54, 1.807) is 0 Å². The van der Waals surface area contributed by atoms with E-state index in [0.29, 0.717) is 0 Å². The lowest BCUT2D eigenvalue weighted by molar-refractivity contribution is -0.138. The van der Waals surface area contributed by atoms with Crippen LogP contribution in [0.15, 0.2) is 0 Å². The van der Waals surface area contributed by atoms with Crippen LogP contribution in [0, 0.1) is 0 Å². The normalized spacial score (nSPS) is 12.7. The minimum Gasteiger partial charge on any atom is -0.480 e. The fourth-order valence-electron chi connectivity index (χ4n) is 0. The summed E-state index contributed by atoms with van der Waals surface area (Å²) in [6, 6.07) is -0.731. The van der Waals surface area contributed by atoms with Crippen molar-refractivity contribution in [3.05, 3.63) is 0 Å². The maximum absolute atomic E-state index is 9.57. The molecule has 0 aliphatic rings. The van der Waals surface area contributed by atoms with Gasteiger partial charge in [0.2, 0.25) is 0 Å². The largest absolute Gasteiger partial charge is 0.480 e. The van der Waals surface area contributed by atoms with Crippen LogP contribution in [-0.4, -0.2) is 30.1 Å². The lowest BCUT2D eigenvalue weighted by atomic mass is 10.4. The maximum Gasteiger partial charge on any atom is 0.330 e. The summed E-state index contributed by atoms with van der Waals surface area (Å²) >= 11 is 0. The monoisotopic (exact) mass is 186 g/mol. The van der Waals surface area contributed by atoms with E-state index >= 15 is 0 Å². The first kappa shape index (κ1) is 12.9. The van der Waals surface area contributed by atoms with Crippen LogP contribution in [0.3, 0.4) is 0 Å². The van der Waals surface area contributed by atoms with Crippen molar-refractivity contribution in [1.29, 1.82) is 0 Å². The molecular weight excluding hydrogens is 176 g/mol. The molecule has 0 aliphatic carbocycles. The number of aliphatic carboxylic acids is 1. The Morgan fingerprint density at radius 2 is 1.64 bits per heavy atom. The van der Waals surface area contributed by atoms with Gasteiger partial charge in [0.15, 0.2) is 0 Å². The highest BCUT2D eigenvalue weighted by molar-refractivity contribution is 7.83. The van der Waals surface area contributed by atoms with E-state index in [0.717, 1.165) is 0 Å². The Bertz CT molecular complexity index is 200. The van der Waals surface area contributed by atoms with Crippen molar-refractivity contribution in [2.75, 3.05) is 0 Å². The topological polar surface area (TPSA) is 144 Å². The van der Waals surface area contributed by atoms with Gasteiger partial charge in [-0.05, 0) is 6.92 Å². The molecule has 1 atom stereocenters. The van der Waals surface area contributed by atoms with Crippen LogP contribution in [-0.2, 0) is 15.1 Å². The predicted molar refractivity (Wildman–Crippen MR) is 37.0 cm³/mol. The lowest BCUT2D eigenvalue weighted by Gasteiger charge is -1.90. The molecule has 0 heterocycles. The third kappa shape index (κ3) is 45.5. The van der Waals surface area contributed by atoms with Crippen molar-refractivity contribution >= 4 is 16.3 Å². The number of carboxylic acid groups (broad SMARTS) is 1. The zero-order valence-corrected chi connectivity index (χ0v) is 6.58. The van der Waals surface area contributed by atoms with Crippen LogP contribution in [0.1, 0.15) is 6.92 Å². The molecule has 0 saturated heterocycles. The minimum absolute atomic E-state index is 0.731. The van der Waals surface area contributed by atoms with E-state index < -0.39 is 22.3 Å². The van der Waals surface area contributed by atoms with E-state index in [1.165, 1.54) is 6.92 Å². The number of hydrogen-bond donors (Lipinski definition) is 4. The first-order valence-corrected chi connectivity index (χ1v) is 3.88. The van der Waals surface area contributed by atoms with Crippen LogP contribution in [0.2, 0.25) is 0 Å². The summed E-state index contributed by atoms with van der Waals surface area (Å²) in [5.74, 6) is -0.963. The highest BCUT2D eigenvalue weighted by atomic mass is 32.2. The van der Waals surface area contributed by atoms with E-state index in [1.807, 2.05) is 0 Å². The SMILES string of the molecule is CC(N)C(=O)O.NS(=O)(=O)O. The molecule has 11 heavy (non-hydrogen) atoms. The Hall–Kier alpha value is -0.700. The second-order valence-corrected chi connectivity index (χ2v) is 2.67. The van der Waals surface area contributed by atoms with Gasteiger partial charge in [-0.2, -0.15) is 8.42 Å². The summed E-state index contributed by atoms with van der Waals surface area (Å²) in [4.78, 5) is 9.57. The van der Waals surface area contributed by atoms with E-state index in [2.05, 4.69) is 5.14 Å². The standard InChI is InChI=1S/C3H7NO2.H3NO3S/c1-2(4)3(5)6;1-5(2,3)4/h2H,4H2,1H3,(H,5,6);(H3,1,2,3,4). The molecule has 0 aromatic carbocycles. The van der Waals surface area contributed by atoms with Crippen LogP contribution in [0.5, 0.6) is 0 Å². The molecule has 6 N–H and O–H groups in total. The third-order valence-electron chi connectivity index (χ3n) is 0.390. The van der Waals surface area contributed by atoms with Crippen molar-refractivity contribution in [3.63, 3.8) is 0 Å². The Kier molecular flexibility index (Phi) is 5.90. The number of rotatable bonds is 1. The molecule has 1 unspecified atom stereocenters. The van der Waals surface area contributed by atoms with Crippen molar-refractivity contribution in [3.8, 4) is 0 Å². The highest BCUT2D eigenvalue weighted by Crippen LogP contribution is 1.68. The van der Waals surface area contributed by atoms with Crippen LogP contribution < -0.4 is 10.9 Å². The van der Waals surface area contributed by atoms with Crippen molar-refractivity contribution in [2.45, 2.75) is 13.0 Å². The minimum atomic E-state index is -4.17. The second kappa shape index (κ2) is 5.02. The molecule has 68 valence electrons. The molecule has 0 rings (SSSR count). The molecule has 0 aromatic heterocycles. The summed E-state index contributed by atoms with van der Waals surface area (Å²) in [5.41, 5.74) is 4.84. The summed E-state index contributed by atoms with van der Waals surface area (Å²) in [6.45, 7) is 1.42. The zero-order valence-electron chi connectivity index (χ0n) is 5.76. The van der Waals surface area contributed by atoms with Gasteiger partial charge in [0.25, 0.3) is 0 Å². The number of nitrogens with two attached hydrogens (primary N) is 2. The quantitative estimate of drug-likeness (QED) is 0.354. The molecule has 0 aliphatic heterocycles. The van der Waals surface area contributed by atoms with Crippen LogP contribution in [0.25, 0.3) is 0 Å². The highest BCUT2D eigenvalue weighted by Gasteiger charge is 1.99. The molecule has 0 fully saturated rings. The second-order valence-electron chi connectivity index (χ2n) is 1.64. The average molecular weight is 186 g/mol. The van der Waals surface area contributed by atoms with Crippen molar-refractivity contribution < 1.29 is 22.9 Å². The molecule has 0 saturated carbocycles. The average Bonchev–Trinajstić information content (AvgIpc) is 1.59. The molecule has 7 nitrogen and oxygen atoms in total. The molecule has 0 bridgehead atoms. The number of carbonyl (C=O) groups is 1. The molecular formula is C3H10N2O5S. The van der Waals surface area contributed by atoms with Crippen molar-refractivity contribution in [2.24, 2.45) is 10.9 Å². The Morgan fingerprint density at radius 1 is 1.55 bits per heavy atom. The fourth-order valence-corrected chi connectivity index (χ4v) is 0. The number of hydrogen-bond acceptors (Lipinski definition) is 4. The van der Waals surface area contributed by atoms with Gasteiger partial charge in [0.05, 0.1) is 0 Å². The number of carboxylic acids is 1. The van der Waals surface area contributed by atoms with Gasteiger partial charge in [0.1, 0.15) is 6.04 Å². The van der Waals surface area contributed by atoms with Gasteiger partial charge < -0.3 is 10.8 Å². The van der Waals surface area contributed by atoms with E-state index in [-0.39, 0.29) is 0 Å². The fraction of sp³-hybridized carbons (Fsp3) is 0.667. The smallest absolute Gasteiger partial charge is 0.330 e.